The minimum absolute atomic E-state index is 0.0808. The highest BCUT2D eigenvalue weighted by Gasteiger charge is 2.12. The molecular weight excluding hydrogens is 210 g/mol. The molecule has 0 bridgehead atoms. The molecule has 82 valence electrons. The molecule has 0 aliphatic rings. The van der Waals surface area contributed by atoms with E-state index >= 15 is 0 Å². The summed E-state index contributed by atoms with van der Waals surface area (Å²) < 4.78 is 4.95. The van der Waals surface area contributed by atoms with Crippen LogP contribution in [0.2, 0.25) is 0 Å². The maximum absolute atomic E-state index is 11.0. The summed E-state index contributed by atoms with van der Waals surface area (Å²) in [4.78, 5) is 12.3. The molecule has 0 aliphatic heterocycles. The second-order valence-corrected chi connectivity index (χ2v) is 3.01. The van der Waals surface area contributed by atoms with Gasteiger partial charge in [0.05, 0.1) is 25.2 Å². The number of aromatic nitrogens is 3. The second-order valence-electron chi connectivity index (χ2n) is 3.01. The normalized spacial score (nSPS) is 10.1. The van der Waals surface area contributed by atoms with Crippen molar-refractivity contribution in [3.63, 3.8) is 0 Å². The van der Waals surface area contributed by atoms with Crippen LogP contribution in [-0.2, 0) is 0 Å². The van der Waals surface area contributed by atoms with E-state index in [1.54, 1.807) is 12.1 Å². The van der Waals surface area contributed by atoms with Crippen molar-refractivity contribution in [3.05, 3.63) is 36.2 Å². The van der Waals surface area contributed by atoms with Gasteiger partial charge >= 0.3 is 5.97 Å². The van der Waals surface area contributed by atoms with Crippen LogP contribution < -0.4 is 4.74 Å². The van der Waals surface area contributed by atoms with Crippen molar-refractivity contribution in [2.45, 2.75) is 0 Å². The van der Waals surface area contributed by atoms with Gasteiger partial charge in [0.15, 0.2) is 0 Å². The van der Waals surface area contributed by atoms with Crippen LogP contribution in [0.1, 0.15) is 10.4 Å². The summed E-state index contributed by atoms with van der Waals surface area (Å²) in [6, 6.07) is 4.72. The van der Waals surface area contributed by atoms with Crippen molar-refractivity contribution >= 4 is 5.97 Å². The maximum atomic E-state index is 11.0. The van der Waals surface area contributed by atoms with Gasteiger partial charge in [0, 0.05) is 0 Å². The standard InChI is InChI=1S/C10H9N3O3/c1-16-9-3-2-7(6-8(9)10(14)15)13-11-4-5-12-13/h2-6H,1H3,(H,14,15). The first-order valence-electron chi connectivity index (χ1n) is 4.50. The highest BCUT2D eigenvalue weighted by Crippen LogP contribution is 2.21. The average Bonchev–Trinajstić information content (AvgIpc) is 2.81. The van der Waals surface area contributed by atoms with Gasteiger partial charge in [-0.05, 0) is 18.2 Å². The van der Waals surface area contributed by atoms with Crippen LogP contribution in [0.4, 0.5) is 0 Å². The van der Waals surface area contributed by atoms with E-state index in [0.29, 0.717) is 11.4 Å². The Balaban J connectivity index is 2.51. The number of aromatic carboxylic acids is 1. The molecule has 0 spiro atoms. The third-order valence-corrected chi connectivity index (χ3v) is 2.06. The SMILES string of the molecule is COc1ccc(-n2nccn2)cc1C(=O)O. The fourth-order valence-electron chi connectivity index (χ4n) is 1.34. The average molecular weight is 219 g/mol. The Morgan fingerprint density at radius 2 is 2.06 bits per heavy atom. The number of rotatable bonds is 3. The fourth-order valence-corrected chi connectivity index (χ4v) is 1.34. The van der Waals surface area contributed by atoms with Gasteiger partial charge in [-0.25, -0.2) is 4.79 Å². The summed E-state index contributed by atoms with van der Waals surface area (Å²) in [6.07, 6.45) is 3.04. The number of methoxy groups -OCH3 is 1. The first-order valence-corrected chi connectivity index (χ1v) is 4.50. The van der Waals surface area contributed by atoms with Crippen LogP contribution in [0.5, 0.6) is 5.75 Å². The van der Waals surface area contributed by atoms with Crippen LogP contribution >= 0.6 is 0 Å². The Hall–Kier alpha value is -2.37. The number of carboxylic acids is 1. The molecule has 6 nitrogen and oxygen atoms in total. The minimum Gasteiger partial charge on any atom is -0.496 e. The van der Waals surface area contributed by atoms with Crippen LogP contribution in [0.15, 0.2) is 30.6 Å². The van der Waals surface area contributed by atoms with Crippen molar-refractivity contribution in [2.24, 2.45) is 0 Å². The van der Waals surface area contributed by atoms with Gasteiger partial charge in [-0.1, -0.05) is 0 Å². The highest BCUT2D eigenvalue weighted by molar-refractivity contribution is 5.91. The first kappa shape index (κ1) is 10.2. The Bertz CT molecular complexity index is 508. The summed E-state index contributed by atoms with van der Waals surface area (Å²) in [5.41, 5.74) is 0.653. The van der Waals surface area contributed by atoms with Gasteiger partial charge in [-0.3, -0.25) is 0 Å². The third kappa shape index (κ3) is 1.72. The fraction of sp³-hybridized carbons (Fsp3) is 0.100. The monoisotopic (exact) mass is 219 g/mol. The molecule has 0 atom stereocenters. The minimum atomic E-state index is -1.05. The number of nitrogens with zero attached hydrogens (tertiary/aromatic N) is 3. The Kier molecular flexibility index (Phi) is 2.55. The van der Waals surface area contributed by atoms with Crippen LogP contribution in [0, 0.1) is 0 Å². The van der Waals surface area contributed by atoms with Crippen molar-refractivity contribution in [1.82, 2.24) is 15.0 Å². The number of carboxylic acid groups (broad SMARTS) is 1. The molecule has 16 heavy (non-hydrogen) atoms. The topological polar surface area (TPSA) is 77.2 Å². The van der Waals surface area contributed by atoms with E-state index in [1.165, 1.54) is 30.4 Å². The van der Waals surface area contributed by atoms with E-state index in [-0.39, 0.29) is 5.56 Å². The van der Waals surface area contributed by atoms with Gasteiger partial charge in [0.25, 0.3) is 0 Å². The van der Waals surface area contributed by atoms with Gasteiger partial charge in [0.1, 0.15) is 11.3 Å². The zero-order valence-electron chi connectivity index (χ0n) is 8.49. The number of hydrogen-bond acceptors (Lipinski definition) is 4. The van der Waals surface area contributed by atoms with E-state index in [0.717, 1.165) is 0 Å². The lowest BCUT2D eigenvalue weighted by atomic mass is 10.2. The lowest BCUT2D eigenvalue weighted by Crippen LogP contribution is -2.04. The molecule has 2 rings (SSSR count). The summed E-state index contributed by atoms with van der Waals surface area (Å²) >= 11 is 0. The molecule has 2 aromatic rings. The number of ether oxygens (including phenoxy) is 1. The zero-order valence-corrected chi connectivity index (χ0v) is 8.49. The highest BCUT2D eigenvalue weighted by atomic mass is 16.5. The molecule has 0 unspecified atom stereocenters. The molecule has 1 heterocycles. The Morgan fingerprint density at radius 3 is 2.62 bits per heavy atom. The summed E-state index contributed by atoms with van der Waals surface area (Å²) in [6.45, 7) is 0. The van der Waals surface area contributed by atoms with E-state index in [4.69, 9.17) is 9.84 Å². The molecule has 1 N–H and O–H groups in total. The molecule has 6 heteroatoms. The maximum Gasteiger partial charge on any atom is 0.339 e. The largest absolute Gasteiger partial charge is 0.496 e. The van der Waals surface area contributed by atoms with Crippen LogP contribution in [-0.4, -0.2) is 33.2 Å². The quantitative estimate of drug-likeness (QED) is 0.832. The molecule has 0 radical (unpaired) electrons. The second kappa shape index (κ2) is 4.01. The molecule has 0 aliphatic carbocycles. The zero-order chi connectivity index (χ0) is 11.5. The number of carbonyl (C=O) groups is 1. The van der Waals surface area contributed by atoms with Crippen LogP contribution in [0.25, 0.3) is 5.69 Å². The molecule has 0 saturated carbocycles. The number of hydrogen-bond donors (Lipinski definition) is 1. The Morgan fingerprint density at radius 1 is 1.38 bits per heavy atom. The first-order chi connectivity index (χ1) is 7.72. The molecular formula is C10H9N3O3. The Labute approximate surface area is 91.1 Å². The van der Waals surface area contributed by atoms with E-state index in [1.807, 2.05) is 0 Å². The van der Waals surface area contributed by atoms with E-state index in [2.05, 4.69) is 10.2 Å². The molecule has 0 saturated heterocycles. The molecule has 1 aromatic heterocycles. The summed E-state index contributed by atoms with van der Waals surface area (Å²) in [5.74, 6) is -0.741. The lowest BCUT2D eigenvalue weighted by molar-refractivity contribution is 0.0693. The van der Waals surface area contributed by atoms with Gasteiger partial charge in [-0.2, -0.15) is 15.0 Å². The number of benzene rings is 1. The predicted octanol–water partition coefficient (Wildman–Crippen LogP) is 0.974. The van der Waals surface area contributed by atoms with Gasteiger partial charge < -0.3 is 9.84 Å². The smallest absolute Gasteiger partial charge is 0.339 e. The molecule has 1 aromatic carbocycles. The van der Waals surface area contributed by atoms with Crippen LogP contribution in [0.3, 0.4) is 0 Å². The van der Waals surface area contributed by atoms with Crippen molar-refractivity contribution < 1.29 is 14.6 Å². The van der Waals surface area contributed by atoms with E-state index in [9.17, 15) is 4.79 Å². The lowest BCUT2D eigenvalue weighted by Gasteiger charge is -2.06. The van der Waals surface area contributed by atoms with Crippen molar-refractivity contribution in [3.8, 4) is 11.4 Å². The predicted molar refractivity (Wildman–Crippen MR) is 54.9 cm³/mol. The van der Waals surface area contributed by atoms with E-state index < -0.39 is 5.97 Å². The van der Waals surface area contributed by atoms with Crippen molar-refractivity contribution in [2.75, 3.05) is 7.11 Å². The summed E-state index contributed by atoms with van der Waals surface area (Å²) in [5, 5.41) is 16.8. The van der Waals surface area contributed by atoms with Gasteiger partial charge in [0.2, 0.25) is 0 Å². The van der Waals surface area contributed by atoms with Gasteiger partial charge in [-0.15, -0.1) is 0 Å². The molecule has 0 fully saturated rings. The van der Waals surface area contributed by atoms with Crippen molar-refractivity contribution in [1.29, 1.82) is 0 Å². The third-order valence-electron chi connectivity index (χ3n) is 2.06. The molecule has 0 amide bonds. The summed E-state index contributed by atoms with van der Waals surface area (Å²) in [7, 11) is 1.42.